The maximum atomic E-state index is 5.86. The molecule has 0 aliphatic heterocycles. The Morgan fingerprint density at radius 1 is 1.19 bits per heavy atom. The number of hydrogen-bond donors (Lipinski definition) is 2. The second-order valence-corrected chi connectivity index (χ2v) is 5.95. The number of nitrogens with zero attached hydrogens (tertiary/aromatic N) is 1. The van der Waals surface area contributed by atoms with Gasteiger partial charge in [0.25, 0.3) is 0 Å². The van der Waals surface area contributed by atoms with Crippen LogP contribution in [0.2, 0.25) is 0 Å². The Bertz CT molecular complexity index is 750. The van der Waals surface area contributed by atoms with Crippen molar-refractivity contribution in [2.45, 2.75) is 23.0 Å². The standard InChI is InChI=1S/C16H17N3OS/c1-10(17)11-3-6-13(7-4-11)21-16-18-14-8-5-12(20-2)9-15(14)19-16/h3-10H,17H2,1-2H3,(H,18,19)/t10-/m0/s1. The van der Waals surface area contributed by atoms with E-state index < -0.39 is 0 Å². The molecule has 0 spiro atoms. The Balaban J connectivity index is 1.84. The number of ether oxygens (including phenoxy) is 1. The number of methoxy groups -OCH3 is 1. The summed E-state index contributed by atoms with van der Waals surface area (Å²) >= 11 is 1.60. The van der Waals surface area contributed by atoms with Crippen molar-refractivity contribution in [1.82, 2.24) is 9.97 Å². The molecule has 0 amide bonds. The number of aromatic amines is 1. The topological polar surface area (TPSA) is 63.9 Å². The van der Waals surface area contributed by atoms with Crippen LogP contribution in [0.15, 0.2) is 52.5 Å². The van der Waals surface area contributed by atoms with Crippen molar-refractivity contribution in [3.63, 3.8) is 0 Å². The lowest BCUT2D eigenvalue weighted by Crippen LogP contribution is -2.04. The molecule has 21 heavy (non-hydrogen) atoms. The summed E-state index contributed by atoms with van der Waals surface area (Å²) in [5.74, 6) is 0.823. The van der Waals surface area contributed by atoms with Crippen molar-refractivity contribution in [3.05, 3.63) is 48.0 Å². The summed E-state index contributed by atoms with van der Waals surface area (Å²) in [7, 11) is 1.66. The molecule has 0 fully saturated rings. The smallest absolute Gasteiger partial charge is 0.171 e. The molecule has 0 unspecified atom stereocenters. The quantitative estimate of drug-likeness (QED) is 0.770. The zero-order valence-corrected chi connectivity index (χ0v) is 12.8. The predicted octanol–water partition coefficient (Wildman–Crippen LogP) is 3.74. The van der Waals surface area contributed by atoms with Crippen molar-refractivity contribution in [1.29, 1.82) is 0 Å². The molecule has 1 atom stereocenters. The van der Waals surface area contributed by atoms with Gasteiger partial charge in [-0.2, -0.15) is 0 Å². The van der Waals surface area contributed by atoms with E-state index >= 15 is 0 Å². The van der Waals surface area contributed by atoms with Gasteiger partial charge in [-0.15, -0.1) is 0 Å². The molecule has 0 aliphatic carbocycles. The first-order valence-electron chi connectivity index (χ1n) is 6.73. The summed E-state index contributed by atoms with van der Waals surface area (Å²) in [6, 6.07) is 14.1. The number of nitrogens with one attached hydrogen (secondary N) is 1. The van der Waals surface area contributed by atoms with Crippen molar-refractivity contribution in [3.8, 4) is 5.75 Å². The number of H-pyrrole nitrogens is 1. The minimum absolute atomic E-state index is 0.0581. The van der Waals surface area contributed by atoms with Crippen LogP contribution in [0.25, 0.3) is 11.0 Å². The van der Waals surface area contributed by atoms with E-state index in [2.05, 4.69) is 34.2 Å². The summed E-state index contributed by atoms with van der Waals surface area (Å²) in [5.41, 5.74) is 8.90. The van der Waals surface area contributed by atoms with E-state index in [-0.39, 0.29) is 6.04 Å². The van der Waals surface area contributed by atoms with Gasteiger partial charge in [-0.1, -0.05) is 23.9 Å². The lowest BCUT2D eigenvalue weighted by Gasteiger charge is -2.05. The Morgan fingerprint density at radius 2 is 1.95 bits per heavy atom. The maximum absolute atomic E-state index is 5.86. The third-order valence-electron chi connectivity index (χ3n) is 3.29. The fraction of sp³-hybridized carbons (Fsp3) is 0.188. The molecule has 3 aromatic rings. The van der Waals surface area contributed by atoms with Gasteiger partial charge in [-0.25, -0.2) is 4.98 Å². The van der Waals surface area contributed by atoms with E-state index in [1.807, 2.05) is 25.1 Å². The number of imidazole rings is 1. The highest BCUT2D eigenvalue weighted by Gasteiger charge is 2.06. The third-order valence-corrected chi connectivity index (χ3v) is 4.18. The Kier molecular flexibility index (Phi) is 3.86. The second-order valence-electron chi connectivity index (χ2n) is 4.88. The summed E-state index contributed by atoms with van der Waals surface area (Å²) < 4.78 is 5.22. The molecule has 5 heteroatoms. The SMILES string of the molecule is COc1ccc2nc(Sc3ccc([C@H](C)N)cc3)[nH]c2c1. The summed E-state index contributed by atoms with van der Waals surface area (Å²) in [6.45, 7) is 1.98. The lowest BCUT2D eigenvalue weighted by molar-refractivity contribution is 0.415. The normalized spacial score (nSPS) is 12.5. The van der Waals surface area contributed by atoms with E-state index in [0.717, 1.165) is 32.4 Å². The molecule has 1 aromatic heterocycles. The van der Waals surface area contributed by atoms with Crippen molar-refractivity contribution >= 4 is 22.8 Å². The van der Waals surface area contributed by atoms with Gasteiger partial charge >= 0.3 is 0 Å². The molecule has 3 rings (SSSR count). The highest BCUT2D eigenvalue weighted by Crippen LogP contribution is 2.29. The number of hydrogen-bond acceptors (Lipinski definition) is 4. The number of nitrogens with two attached hydrogens (primary N) is 1. The Hall–Kier alpha value is -1.98. The minimum Gasteiger partial charge on any atom is -0.497 e. The molecule has 2 aromatic carbocycles. The highest BCUT2D eigenvalue weighted by atomic mass is 32.2. The monoisotopic (exact) mass is 299 g/mol. The largest absolute Gasteiger partial charge is 0.497 e. The average molecular weight is 299 g/mol. The van der Waals surface area contributed by atoms with Crippen LogP contribution in [0, 0.1) is 0 Å². The minimum atomic E-state index is 0.0581. The van der Waals surface area contributed by atoms with Gasteiger partial charge < -0.3 is 15.5 Å². The highest BCUT2D eigenvalue weighted by molar-refractivity contribution is 7.99. The lowest BCUT2D eigenvalue weighted by atomic mass is 10.1. The number of rotatable bonds is 4. The molecule has 108 valence electrons. The van der Waals surface area contributed by atoms with E-state index in [1.54, 1.807) is 18.9 Å². The first kappa shape index (κ1) is 14.0. The Labute approximate surface area is 127 Å². The third kappa shape index (κ3) is 3.04. The number of fused-ring (bicyclic) bond motifs is 1. The molecule has 1 heterocycles. The predicted molar refractivity (Wildman–Crippen MR) is 85.8 cm³/mol. The first-order valence-corrected chi connectivity index (χ1v) is 7.54. The van der Waals surface area contributed by atoms with Gasteiger partial charge in [0.05, 0.1) is 18.1 Å². The van der Waals surface area contributed by atoms with Crippen LogP contribution in [0.5, 0.6) is 5.75 Å². The van der Waals surface area contributed by atoms with E-state index in [9.17, 15) is 0 Å². The molecule has 0 saturated carbocycles. The van der Waals surface area contributed by atoms with Crippen LogP contribution in [0.3, 0.4) is 0 Å². The van der Waals surface area contributed by atoms with Crippen LogP contribution in [-0.2, 0) is 0 Å². The van der Waals surface area contributed by atoms with Crippen LogP contribution < -0.4 is 10.5 Å². The molecule has 3 N–H and O–H groups in total. The fourth-order valence-electron chi connectivity index (χ4n) is 2.09. The molecule has 0 bridgehead atoms. The fourth-order valence-corrected chi connectivity index (χ4v) is 2.89. The van der Waals surface area contributed by atoms with E-state index in [4.69, 9.17) is 10.5 Å². The first-order chi connectivity index (χ1) is 10.2. The zero-order chi connectivity index (χ0) is 14.8. The van der Waals surface area contributed by atoms with E-state index in [0.29, 0.717) is 0 Å². The van der Waals surface area contributed by atoms with Crippen molar-refractivity contribution < 1.29 is 4.74 Å². The Morgan fingerprint density at radius 3 is 2.62 bits per heavy atom. The van der Waals surface area contributed by atoms with E-state index in [1.165, 1.54) is 0 Å². The van der Waals surface area contributed by atoms with Gasteiger partial charge in [-0.05, 0) is 36.8 Å². The summed E-state index contributed by atoms with van der Waals surface area (Å²) in [5, 5.41) is 0.867. The van der Waals surface area contributed by atoms with Gasteiger partial charge in [0, 0.05) is 17.0 Å². The number of aromatic nitrogens is 2. The molecule has 0 radical (unpaired) electrons. The van der Waals surface area contributed by atoms with Crippen LogP contribution >= 0.6 is 11.8 Å². The molecular weight excluding hydrogens is 282 g/mol. The van der Waals surface area contributed by atoms with Crippen molar-refractivity contribution in [2.24, 2.45) is 5.73 Å². The summed E-state index contributed by atoms with van der Waals surface area (Å²) in [4.78, 5) is 9.00. The van der Waals surface area contributed by atoms with Crippen LogP contribution in [0.1, 0.15) is 18.5 Å². The number of benzene rings is 2. The van der Waals surface area contributed by atoms with Gasteiger partial charge in [-0.3, -0.25) is 0 Å². The molecule has 0 aliphatic rings. The second kappa shape index (κ2) is 5.79. The molecule has 0 saturated heterocycles. The van der Waals surface area contributed by atoms with Crippen LogP contribution in [-0.4, -0.2) is 17.1 Å². The van der Waals surface area contributed by atoms with Gasteiger partial charge in [0.1, 0.15) is 5.75 Å². The zero-order valence-electron chi connectivity index (χ0n) is 12.0. The van der Waals surface area contributed by atoms with Crippen molar-refractivity contribution in [2.75, 3.05) is 7.11 Å². The van der Waals surface area contributed by atoms with Gasteiger partial charge in [0.2, 0.25) is 0 Å². The molecular formula is C16H17N3OS. The van der Waals surface area contributed by atoms with Gasteiger partial charge in [0.15, 0.2) is 5.16 Å². The molecule has 4 nitrogen and oxygen atoms in total. The summed E-state index contributed by atoms with van der Waals surface area (Å²) in [6.07, 6.45) is 0. The van der Waals surface area contributed by atoms with Crippen LogP contribution in [0.4, 0.5) is 0 Å². The average Bonchev–Trinajstić information content (AvgIpc) is 2.88. The maximum Gasteiger partial charge on any atom is 0.171 e.